The molecule has 0 saturated heterocycles. The smallest absolute Gasteiger partial charge is 0.262 e. The fourth-order valence-corrected chi connectivity index (χ4v) is 1.81. The molecule has 0 saturated carbocycles. The number of nitrogens with zero attached hydrogens (tertiary/aromatic N) is 2. The van der Waals surface area contributed by atoms with Crippen LogP contribution in [0.2, 0.25) is 5.15 Å². The van der Waals surface area contributed by atoms with Gasteiger partial charge in [0.15, 0.2) is 5.15 Å². The summed E-state index contributed by atoms with van der Waals surface area (Å²) in [6.07, 6.45) is 1.34. The van der Waals surface area contributed by atoms with Gasteiger partial charge in [-0.25, -0.2) is 4.98 Å². The van der Waals surface area contributed by atoms with Gasteiger partial charge in [0.1, 0.15) is 12.9 Å². The van der Waals surface area contributed by atoms with E-state index in [0.717, 1.165) is 10.0 Å². The zero-order chi connectivity index (χ0) is 13.0. The summed E-state index contributed by atoms with van der Waals surface area (Å²) in [6.45, 7) is 0.386. The van der Waals surface area contributed by atoms with Crippen LogP contribution in [0.1, 0.15) is 5.56 Å². The molecule has 4 nitrogen and oxygen atoms in total. The quantitative estimate of drug-likeness (QED) is 0.806. The maximum atomic E-state index is 5.87. The first kappa shape index (κ1) is 13.1. The van der Waals surface area contributed by atoms with Crippen molar-refractivity contribution in [2.45, 2.75) is 6.61 Å². The lowest BCUT2D eigenvalue weighted by Gasteiger charge is -2.09. The Morgan fingerprint density at radius 2 is 1.94 bits per heavy atom. The van der Waals surface area contributed by atoms with Crippen LogP contribution in [0.25, 0.3) is 0 Å². The van der Waals surface area contributed by atoms with Crippen molar-refractivity contribution in [1.82, 2.24) is 9.97 Å². The molecule has 0 atom stereocenters. The van der Waals surface area contributed by atoms with E-state index >= 15 is 0 Å². The predicted octanol–water partition coefficient (Wildman–Crippen LogP) is 3.48. The van der Waals surface area contributed by atoms with E-state index < -0.39 is 0 Å². The highest BCUT2D eigenvalue weighted by Crippen LogP contribution is 2.30. The van der Waals surface area contributed by atoms with Gasteiger partial charge in [-0.1, -0.05) is 39.7 Å². The van der Waals surface area contributed by atoms with Crippen molar-refractivity contribution in [1.29, 1.82) is 0 Å². The number of rotatable bonds is 4. The van der Waals surface area contributed by atoms with Crippen LogP contribution in [-0.2, 0) is 6.61 Å². The second kappa shape index (κ2) is 6.02. The number of ether oxygens (including phenoxy) is 2. The van der Waals surface area contributed by atoms with Crippen molar-refractivity contribution in [2.24, 2.45) is 0 Å². The number of halogens is 2. The third kappa shape index (κ3) is 3.11. The molecule has 0 aliphatic rings. The molecule has 0 fully saturated rings. The van der Waals surface area contributed by atoms with Gasteiger partial charge in [0.05, 0.1) is 7.11 Å². The monoisotopic (exact) mass is 328 g/mol. The Labute approximate surface area is 118 Å². The lowest BCUT2D eigenvalue weighted by Crippen LogP contribution is -2.00. The first-order chi connectivity index (χ1) is 8.70. The molecule has 0 spiro atoms. The Bertz CT molecular complexity index is 534. The molecule has 94 valence electrons. The number of hydrogen-bond acceptors (Lipinski definition) is 4. The van der Waals surface area contributed by atoms with E-state index in [1.807, 2.05) is 24.3 Å². The average molecular weight is 330 g/mol. The van der Waals surface area contributed by atoms with Gasteiger partial charge in [-0.05, 0) is 17.7 Å². The Kier molecular flexibility index (Phi) is 4.38. The zero-order valence-corrected chi connectivity index (χ0v) is 11.9. The molecular formula is C12H10BrClN2O2. The topological polar surface area (TPSA) is 44.2 Å². The molecule has 1 heterocycles. The van der Waals surface area contributed by atoms with Crippen molar-refractivity contribution >= 4 is 27.5 Å². The van der Waals surface area contributed by atoms with Gasteiger partial charge >= 0.3 is 0 Å². The van der Waals surface area contributed by atoms with Crippen LogP contribution in [0.5, 0.6) is 11.6 Å². The largest absolute Gasteiger partial charge is 0.489 e. The van der Waals surface area contributed by atoms with Gasteiger partial charge in [-0.2, -0.15) is 4.98 Å². The van der Waals surface area contributed by atoms with Gasteiger partial charge in [-0.3, -0.25) is 0 Å². The molecule has 18 heavy (non-hydrogen) atoms. The van der Waals surface area contributed by atoms with E-state index in [0.29, 0.717) is 18.2 Å². The molecule has 0 aliphatic heterocycles. The van der Waals surface area contributed by atoms with E-state index in [1.54, 1.807) is 0 Å². The summed E-state index contributed by atoms with van der Waals surface area (Å²) in [5.41, 5.74) is 1.02. The summed E-state index contributed by atoms with van der Waals surface area (Å²) in [7, 11) is 1.50. The standard InChI is InChI=1S/C12H10BrClN2O2/c1-17-10-11(14)15-7-16-12(10)18-6-8-2-4-9(13)5-3-8/h2-5,7H,6H2,1H3. The first-order valence-corrected chi connectivity index (χ1v) is 6.29. The summed E-state index contributed by atoms with van der Waals surface area (Å²) in [6, 6.07) is 7.81. The molecule has 6 heteroatoms. The number of hydrogen-bond donors (Lipinski definition) is 0. The highest BCUT2D eigenvalue weighted by molar-refractivity contribution is 9.10. The van der Waals surface area contributed by atoms with Gasteiger partial charge in [0.2, 0.25) is 5.75 Å². The fourth-order valence-electron chi connectivity index (χ4n) is 1.34. The van der Waals surface area contributed by atoms with E-state index in [-0.39, 0.29) is 5.15 Å². The number of benzene rings is 1. The van der Waals surface area contributed by atoms with Crippen molar-refractivity contribution in [3.8, 4) is 11.6 Å². The van der Waals surface area contributed by atoms with Crippen LogP contribution in [0, 0.1) is 0 Å². The molecule has 0 unspecified atom stereocenters. The molecule has 0 aliphatic carbocycles. The molecular weight excluding hydrogens is 320 g/mol. The zero-order valence-electron chi connectivity index (χ0n) is 9.56. The summed E-state index contributed by atoms with van der Waals surface area (Å²) in [5, 5.41) is 0.235. The number of methoxy groups -OCH3 is 1. The van der Waals surface area contributed by atoms with Crippen molar-refractivity contribution in [3.05, 3.63) is 45.8 Å². The lowest BCUT2D eigenvalue weighted by molar-refractivity contribution is 0.271. The fraction of sp³-hybridized carbons (Fsp3) is 0.167. The van der Waals surface area contributed by atoms with E-state index in [4.69, 9.17) is 21.1 Å². The molecule has 0 radical (unpaired) electrons. The van der Waals surface area contributed by atoms with Crippen molar-refractivity contribution in [3.63, 3.8) is 0 Å². The predicted molar refractivity (Wildman–Crippen MR) is 72.1 cm³/mol. The van der Waals surface area contributed by atoms with Crippen LogP contribution in [0.4, 0.5) is 0 Å². The van der Waals surface area contributed by atoms with E-state index in [1.165, 1.54) is 13.4 Å². The van der Waals surface area contributed by atoms with Gasteiger partial charge in [0, 0.05) is 4.47 Å². The minimum atomic E-state index is 0.235. The molecule has 1 aromatic heterocycles. The summed E-state index contributed by atoms with van der Waals surface area (Å²) in [5.74, 6) is 0.677. The highest BCUT2D eigenvalue weighted by Gasteiger charge is 2.11. The SMILES string of the molecule is COc1c(Cl)ncnc1OCc1ccc(Br)cc1. The summed E-state index contributed by atoms with van der Waals surface area (Å²) in [4.78, 5) is 7.81. The average Bonchev–Trinajstić information content (AvgIpc) is 2.38. The molecule has 0 bridgehead atoms. The Balaban J connectivity index is 2.10. The molecule has 2 aromatic rings. The van der Waals surface area contributed by atoms with Crippen LogP contribution in [0.3, 0.4) is 0 Å². The Morgan fingerprint density at radius 1 is 1.22 bits per heavy atom. The maximum Gasteiger partial charge on any atom is 0.262 e. The Morgan fingerprint density at radius 3 is 2.61 bits per heavy atom. The Hall–Kier alpha value is -1.33. The van der Waals surface area contributed by atoms with Gasteiger partial charge in [-0.15, -0.1) is 0 Å². The molecule has 0 N–H and O–H groups in total. The third-order valence-electron chi connectivity index (χ3n) is 2.22. The van der Waals surface area contributed by atoms with E-state index in [2.05, 4.69) is 25.9 Å². The molecule has 1 aromatic carbocycles. The second-order valence-corrected chi connectivity index (χ2v) is 4.69. The van der Waals surface area contributed by atoms with Crippen molar-refractivity contribution in [2.75, 3.05) is 7.11 Å². The van der Waals surface area contributed by atoms with Gasteiger partial charge in [0.25, 0.3) is 5.88 Å². The summed E-state index contributed by atoms with van der Waals surface area (Å²) >= 11 is 9.24. The minimum Gasteiger partial charge on any atom is -0.489 e. The highest BCUT2D eigenvalue weighted by atomic mass is 79.9. The third-order valence-corrected chi connectivity index (χ3v) is 3.02. The van der Waals surface area contributed by atoms with Crippen LogP contribution in [0.15, 0.2) is 35.1 Å². The van der Waals surface area contributed by atoms with Crippen LogP contribution < -0.4 is 9.47 Å². The number of aromatic nitrogens is 2. The van der Waals surface area contributed by atoms with Crippen molar-refractivity contribution < 1.29 is 9.47 Å². The first-order valence-electron chi connectivity index (χ1n) is 5.12. The van der Waals surface area contributed by atoms with Crippen LogP contribution in [-0.4, -0.2) is 17.1 Å². The summed E-state index contributed by atoms with van der Waals surface area (Å²) < 4.78 is 11.7. The minimum absolute atomic E-state index is 0.235. The second-order valence-electron chi connectivity index (χ2n) is 3.42. The van der Waals surface area contributed by atoms with E-state index in [9.17, 15) is 0 Å². The van der Waals surface area contributed by atoms with Crippen LogP contribution >= 0.6 is 27.5 Å². The maximum absolute atomic E-state index is 5.87. The van der Waals surface area contributed by atoms with Gasteiger partial charge < -0.3 is 9.47 Å². The molecule has 0 amide bonds. The lowest BCUT2D eigenvalue weighted by atomic mass is 10.2. The normalized spacial score (nSPS) is 10.2. The molecule has 2 rings (SSSR count).